The molecule has 3 aliphatic rings. The zero-order valence-corrected chi connectivity index (χ0v) is 12.7. The van der Waals surface area contributed by atoms with E-state index in [0.717, 1.165) is 25.8 Å². The average molecular weight is 300 g/mol. The Kier molecular flexibility index (Phi) is 3.79. The molecule has 114 valence electrons. The highest BCUT2D eigenvalue weighted by atomic mass is 32.2. The highest BCUT2D eigenvalue weighted by Gasteiger charge is 2.42. The average Bonchev–Trinajstić information content (AvgIpc) is 2.36. The molecule has 1 amide bonds. The van der Waals surface area contributed by atoms with Gasteiger partial charge >= 0.3 is 0 Å². The Morgan fingerprint density at radius 1 is 1.15 bits per heavy atom. The molecule has 2 aliphatic heterocycles. The van der Waals surface area contributed by atoms with Crippen molar-refractivity contribution in [2.24, 2.45) is 0 Å². The van der Waals surface area contributed by atoms with Crippen molar-refractivity contribution in [2.45, 2.75) is 68.2 Å². The molecule has 1 spiro atoms. The van der Waals surface area contributed by atoms with Crippen LogP contribution >= 0.6 is 0 Å². The highest BCUT2D eigenvalue weighted by molar-refractivity contribution is 7.92. The summed E-state index contributed by atoms with van der Waals surface area (Å²) in [5.41, 5.74) is 0.224. The summed E-state index contributed by atoms with van der Waals surface area (Å²) in [5, 5.41) is 5.77. The molecule has 20 heavy (non-hydrogen) atoms. The Bertz CT molecular complexity index is 485. The lowest BCUT2D eigenvalue weighted by Gasteiger charge is -2.48. The standard InChI is InChI=1S/C14H24N2O3S/c17-13(12-4-1-2-9-20(12,18)19)16-11-5-8-15-14(10-11)6-3-7-14/h11-12,15H,1-10H2,(H,16,17). The lowest BCUT2D eigenvalue weighted by atomic mass is 9.70. The van der Waals surface area contributed by atoms with Gasteiger partial charge in [0.1, 0.15) is 5.25 Å². The number of hydrogen-bond acceptors (Lipinski definition) is 4. The zero-order chi connectivity index (χ0) is 14.2. The minimum atomic E-state index is -3.22. The first kappa shape index (κ1) is 14.3. The molecule has 3 fully saturated rings. The Morgan fingerprint density at radius 3 is 2.60 bits per heavy atom. The van der Waals surface area contributed by atoms with Gasteiger partial charge in [-0.3, -0.25) is 4.79 Å². The molecule has 0 bridgehead atoms. The molecule has 0 radical (unpaired) electrons. The van der Waals surface area contributed by atoms with Gasteiger partial charge in [-0.1, -0.05) is 6.42 Å². The van der Waals surface area contributed by atoms with Gasteiger partial charge in [-0.2, -0.15) is 0 Å². The van der Waals surface area contributed by atoms with Crippen molar-refractivity contribution in [3.05, 3.63) is 0 Å². The zero-order valence-electron chi connectivity index (χ0n) is 11.9. The van der Waals surface area contributed by atoms with Crippen LogP contribution in [0.2, 0.25) is 0 Å². The van der Waals surface area contributed by atoms with Crippen molar-refractivity contribution in [3.8, 4) is 0 Å². The predicted octanol–water partition coefficient (Wildman–Crippen LogP) is 0.745. The van der Waals surface area contributed by atoms with E-state index in [0.29, 0.717) is 12.8 Å². The molecule has 2 N–H and O–H groups in total. The maximum Gasteiger partial charge on any atom is 0.238 e. The lowest BCUT2D eigenvalue weighted by Crippen LogP contribution is -2.60. The van der Waals surface area contributed by atoms with E-state index in [1.54, 1.807) is 0 Å². The van der Waals surface area contributed by atoms with E-state index >= 15 is 0 Å². The van der Waals surface area contributed by atoms with Gasteiger partial charge in [0.05, 0.1) is 5.75 Å². The molecular formula is C14H24N2O3S. The smallest absolute Gasteiger partial charge is 0.238 e. The maximum absolute atomic E-state index is 12.3. The van der Waals surface area contributed by atoms with Gasteiger partial charge in [-0.05, 0) is 51.5 Å². The van der Waals surface area contributed by atoms with Gasteiger partial charge in [-0.25, -0.2) is 8.42 Å². The number of rotatable bonds is 2. The molecule has 2 saturated heterocycles. The molecule has 6 heteroatoms. The number of amides is 1. The van der Waals surface area contributed by atoms with Crippen molar-refractivity contribution in [1.82, 2.24) is 10.6 Å². The first-order valence-corrected chi connectivity index (χ1v) is 9.49. The quantitative estimate of drug-likeness (QED) is 0.789. The summed E-state index contributed by atoms with van der Waals surface area (Å²) >= 11 is 0. The van der Waals surface area contributed by atoms with Crippen LogP contribution in [0, 0.1) is 0 Å². The van der Waals surface area contributed by atoms with E-state index in [4.69, 9.17) is 0 Å². The Balaban J connectivity index is 1.61. The van der Waals surface area contributed by atoms with E-state index in [9.17, 15) is 13.2 Å². The first-order valence-electron chi connectivity index (χ1n) is 7.78. The summed E-state index contributed by atoms with van der Waals surface area (Å²) in [5.74, 6) is -0.0904. The van der Waals surface area contributed by atoms with Gasteiger partial charge in [0.2, 0.25) is 5.91 Å². The molecule has 1 aliphatic carbocycles. The summed E-state index contributed by atoms with van der Waals surface area (Å²) in [4.78, 5) is 12.3. The van der Waals surface area contributed by atoms with Crippen LogP contribution in [-0.2, 0) is 14.6 Å². The fraction of sp³-hybridized carbons (Fsp3) is 0.929. The van der Waals surface area contributed by atoms with E-state index in [1.807, 2.05) is 0 Å². The molecule has 2 atom stereocenters. The fourth-order valence-electron chi connectivity index (χ4n) is 3.81. The number of carbonyl (C=O) groups is 1. The maximum atomic E-state index is 12.3. The molecule has 3 rings (SSSR count). The van der Waals surface area contributed by atoms with Crippen molar-refractivity contribution in [2.75, 3.05) is 12.3 Å². The second-order valence-electron chi connectivity index (χ2n) is 6.61. The summed E-state index contributed by atoms with van der Waals surface area (Å²) in [7, 11) is -3.22. The second kappa shape index (κ2) is 5.30. The van der Waals surface area contributed by atoms with Gasteiger partial charge in [0.25, 0.3) is 0 Å². The second-order valence-corrected chi connectivity index (χ2v) is 8.91. The Labute approximate surface area is 120 Å². The number of hydrogen-bond donors (Lipinski definition) is 2. The lowest BCUT2D eigenvalue weighted by molar-refractivity contribution is -0.122. The van der Waals surface area contributed by atoms with Gasteiger partial charge in [0, 0.05) is 11.6 Å². The minimum absolute atomic E-state index is 0.140. The van der Waals surface area contributed by atoms with Crippen LogP contribution < -0.4 is 10.6 Å². The van der Waals surface area contributed by atoms with E-state index in [2.05, 4.69) is 10.6 Å². The third-order valence-corrected chi connectivity index (χ3v) is 7.33. The van der Waals surface area contributed by atoms with E-state index < -0.39 is 15.1 Å². The molecule has 1 saturated carbocycles. The number of piperidine rings is 1. The topological polar surface area (TPSA) is 75.3 Å². The highest BCUT2D eigenvalue weighted by Crippen LogP contribution is 2.38. The molecule has 2 heterocycles. The van der Waals surface area contributed by atoms with Crippen molar-refractivity contribution in [1.29, 1.82) is 0 Å². The van der Waals surface area contributed by atoms with E-state index in [-0.39, 0.29) is 23.2 Å². The van der Waals surface area contributed by atoms with Crippen LogP contribution in [0.3, 0.4) is 0 Å². The molecule has 5 nitrogen and oxygen atoms in total. The number of nitrogens with one attached hydrogen (secondary N) is 2. The van der Waals surface area contributed by atoms with Crippen LogP contribution in [-0.4, -0.2) is 43.5 Å². The summed E-state index contributed by atoms with van der Waals surface area (Å²) in [6, 6.07) is 0.140. The third kappa shape index (κ3) is 2.72. The normalized spacial score (nSPS) is 35.2. The van der Waals surface area contributed by atoms with Crippen LogP contribution in [0.4, 0.5) is 0 Å². The number of carbonyl (C=O) groups excluding carboxylic acids is 1. The fourth-order valence-corrected chi connectivity index (χ4v) is 5.62. The van der Waals surface area contributed by atoms with Crippen molar-refractivity contribution in [3.63, 3.8) is 0 Å². The van der Waals surface area contributed by atoms with Crippen LogP contribution in [0.5, 0.6) is 0 Å². The Hall–Kier alpha value is -0.620. The van der Waals surface area contributed by atoms with Crippen LogP contribution in [0.1, 0.15) is 51.4 Å². The molecule has 0 aromatic carbocycles. The first-order chi connectivity index (χ1) is 9.51. The monoisotopic (exact) mass is 300 g/mol. The SMILES string of the molecule is O=C(NC1CCNC2(CCC2)C1)C1CCCCS1(=O)=O. The summed E-state index contributed by atoms with van der Waals surface area (Å²) < 4.78 is 24.0. The number of sulfone groups is 1. The largest absolute Gasteiger partial charge is 0.352 e. The summed E-state index contributed by atoms with van der Waals surface area (Å²) in [6.45, 7) is 0.919. The minimum Gasteiger partial charge on any atom is -0.352 e. The van der Waals surface area contributed by atoms with Gasteiger partial charge in [0.15, 0.2) is 9.84 Å². The van der Waals surface area contributed by atoms with Gasteiger partial charge < -0.3 is 10.6 Å². The van der Waals surface area contributed by atoms with Crippen molar-refractivity contribution >= 4 is 15.7 Å². The van der Waals surface area contributed by atoms with Gasteiger partial charge in [-0.15, -0.1) is 0 Å². The van der Waals surface area contributed by atoms with Crippen LogP contribution in [0.25, 0.3) is 0 Å². The molecule has 0 aromatic rings. The van der Waals surface area contributed by atoms with E-state index in [1.165, 1.54) is 19.3 Å². The Morgan fingerprint density at radius 2 is 1.95 bits per heavy atom. The third-order valence-electron chi connectivity index (χ3n) is 5.16. The molecule has 2 unspecified atom stereocenters. The van der Waals surface area contributed by atoms with Crippen LogP contribution in [0.15, 0.2) is 0 Å². The molecule has 0 aromatic heterocycles. The molecular weight excluding hydrogens is 276 g/mol. The predicted molar refractivity (Wildman–Crippen MR) is 77.2 cm³/mol. The van der Waals surface area contributed by atoms with Crippen molar-refractivity contribution < 1.29 is 13.2 Å². The summed E-state index contributed by atoms with van der Waals surface area (Å²) in [6.07, 6.45) is 7.50.